The van der Waals surface area contributed by atoms with Gasteiger partial charge in [-0.3, -0.25) is 4.57 Å². The van der Waals surface area contributed by atoms with E-state index < -0.39 is 10.0 Å². The Balaban J connectivity index is 1.97. The molecule has 1 aliphatic rings. The molecule has 0 saturated carbocycles. The molecule has 1 aromatic heterocycles. The van der Waals surface area contributed by atoms with E-state index in [-0.39, 0.29) is 17.6 Å². The van der Waals surface area contributed by atoms with E-state index in [4.69, 9.17) is 0 Å². The first kappa shape index (κ1) is 19.8. The highest BCUT2D eigenvalue weighted by Crippen LogP contribution is 2.31. The Kier molecular flexibility index (Phi) is 5.31. The normalized spacial score (nSPS) is 19.0. The van der Waals surface area contributed by atoms with Crippen LogP contribution in [-0.4, -0.2) is 40.2 Å². The summed E-state index contributed by atoms with van der Waals surface area (Å²) in [6.07, 6.45) is 1.57. The molecule has 0 aliphatic carbocycles. The average molecular weight is 393 g/mol. The van der Waals surface area contributed by atoms with Gasteiger partial charge >= 0.3 is 5.69 Å². The van der Waals surface area contributed by atoms with E-state index in [0.29, 0.717) is 23.8 Å². The lowest BCUT2D eigenvalue weighted by molar-refractivity contribution is 0.301. The molecule has 1 atom stereocenters. The third kappa shape index (κ3) is 3.60. The number of sulfonamides is 1. The van der Waals surface area contributed by atoms with Crippen molar-refractivity contribution < 1.29 is 8.42 Å². The molecule has 3 rings (SSSR count). The maximum absolute atomic E-state index is 13.3. The molecule has 1 aliphatic heterocycles. The highest BCUT2D eigenvalue weighted by Gasteiger charge is 2.34. The van der Waals surface area contributed by atoms with Gasteiger partial charge < -0.3 is 0 Å². The van der Waals surface area contributed by atoms with Crippen molar-refractivity contribution in [1.82, 2.24) is 18.7 Å². The summed E-state index contributed by atoms with van der Waals surface area (Å²) in [4.78, 5) is 12.8. The maximum atomic E-state index is 13.3. The molecule has 0 amide bonds. The monoisotopic (exact) mass is 392 g/mol. The Labute approximate surface area is 160 Å². The Morgan fingerprint density at radius 3 is 2.59 bits per heavy atom. The predicted octanol–water partition coefficient (Wildman–Crippen LogP) is 2.35. The molecule has 8 heteroatoms. The summed E-state index contributed by atoms with van der Waals surface area (Å²) in [5, 5.41) is 4.42. The van der Waals surface area contributed by atoms with Crippen LogP contribution in [0.5, 0.6) is 0 Å². The molecule has 2 aromatic rings. The second-order valence-corrected chi connectivity index (χ2v) is 9.61. The summed E-state index contributed by atoms with van der Waals surface area (Å²) in [5.74, 6) is 0.591. The lowest BCUT2D eigenvalue weighted by Crippen LogP contribution is -2.40. The van der Waals surface area contributed by atoms with Crippen molar-refractivity contribution in [3.05, 3.63) is 45.6 Å². The van der Waals surface area contributed by atoms with Gasteiger partial charge in [-0.15, -0.1) is 0 Å². The highest BCUT2D eigenvalue weighted by atomic mass is 32.2. The first-order chi connectivity index (χ1) is 12.6. The van der Waals surface area contributed by atoms with Gasteiger partial charge in [-0.05, 0) is 57.7 Å². The topological polar surface area (TPSA) is 77.2 Å². The highest BCUT2D eigenvalue weighted by molar-refractivity contribution is 7.89. The van der Waals surface area contributed by atoms with Gasteiger partial charge in [0.1, 0.15) is 5.82 Å². The number of benzene rings is 1. The molecule has 0 radical (unpaired) electrons. The number of aromatic nitrogens is 3. The van der Waals surface area contributed by atoms with Gasteiger partial charge in [0.2, 0.25) is 10.0 Å². The van der Waals surface area contributed by atoms with Crippen molar-refractivity contribution in [3.63, 3.8) is 0 Å². The molecular formula is C19H28N4O3S. The smallest absolute Gasteiger partial charge is 0.276 e. The molecule has 1 unspecified atom stereocenters. The number of piperidine rings is 1. The Hall–Kier alpha value is -1.93. The first-order valence-electron chi connectivity index (χ1n) is 9.35. The minimum atomic E-state index is -3.58. The zero-order valence-electron chi connectivity index (χ0n) is 16.6. The van der Waals surface area contributed by atoms with Gasteiger partial charge in [0.25, 0.3) is 0 Å². The SMILES string of the molecule is Cc1ccc(C)c(S(=O)(=O)N2CCCC(c3nn(C)c(=O)n3C(C)C)C2)c1. The van der Waals surface area contributed by atoms with E-state index in [0.717, 1.165) is 24.0 Å². The molecule has 1 fully saturated rings. The molecule has 0 N–H and O–H groups in total. The molecule has 27 heavy (non-hydrogen) atoms. The van der Waals surface area contributed by atoms with Crippen LogP contribution in [-0.2, 0) is 17.1 Å². The first-order valence-corrected chi connectivity index (χ1v) is 10.8. The third-order valence-corrected chi connectivity index (χ3v) is 7.22. The molecule has 1 saturated heterocycles. The largest absolute Gasteiger partial charge is 0.345 e. The van der Waals surface area contributed by atoms with Crippen LogP contribution < -0.4 is 5.69 Å². The zero-order chi connectivity index (χ0) is 19.9. The standard InChI is InChI=1S/C19H28N4O3S/c1-13(2)23-18(20-21(5)19(23)24)16-7-6-10-22(12-16)27(25,26)17-11-14(3)8-9-15(17)4/h8-9,11,13,16H,6-7,10,12H2,1-5H3. The number of aryl methyl sites for hydroxylation is 3. The lowest BCUT2D eigenvalue weighted by Gasteiger charge is -2.32. The number of rotatable bonds is 4. The fraction of sp³-hybridized carbons (Fsp3) is 0.579. The molecular weight excluding hydrogens is 364 g/mol. The second-order valence-electron chi connectivity index (χ2n) is 7.70. The van der Waals surface area contributed by atoms with Crippen LogP contribution in [0.1, 0.15) is 55.6 Å². The fourth-order valence-electron chi connectivity index (χ4n) is 3.76. The number of hydrogen-bond acceptors (Lipinski definition) is 4. The van der Waals surface area contributed by atoms with Crippen LogP contribution in [0.15, 0.2) is 27.9 Å². The summed E-state index contributed by atoms with van der Waals surface area (Å²) < 4.78 is 31.1. The van der Waals surface area contributed by atoms with Crippen LogP contribution in [0.3, 0.4) is 0 Å². The minimum absolute atomic E-state index is 0.0211. The molecule has 2 heterocycles. The number of hydrogen-bond donors (Lipinski definition) is 0. The van der Waals surface area contributed by atoms with Crippen molar-refractivity contribution in [2.75, 3.05) is 13.1 Å². The van der Waals surface area contributed by atoms with Gasteiger partial charge in [0.15, 0.2) is 0 Å². The predicted molar refractivity (Wildman–Crippen MR) is 105 cm³/mol. The van der Waals surface area contributed by atoms with Gasteiger partial charge in [-0.25, -0.2) is 17.9 Å². The average Bonchev–Trinajstić information content (AvgIpc) is 2.92. The lowest BCUT2D eigenvalue weighted by atomic mass is 9.98. The Morgan fingerprint density at radius 2 is 1.93 bits per heavy atom. The summed E-state index contributed by atoms with van der Waals surface area (Å²) in [5.41, 5.74) is 1.51. The van der Waals surface area contributed by atoms with E-state index in [2.05, 4.69) is 5.10 Å². The second kappa shape index (κ2) is 7.24. The van der Waals surface area contributed by atoms with Crippen LogP contribution in [0.25, 0.3) is 0 Å². The maximum Gasteiger partial charge on any atom is 0.345 e. The van der Waals surface area contributed by atoms with E-state index in [9.17, 15) is 13.2 Å². The molecule has 1 aromatic carbocycles. The zero-order valence-corrected chi connectivity index (χ0v) is 17.5. The van der Waals surface area contributed by atoms with Gasteiger partial charge in [0.05, 0.1) is 4.90 Å². The van der Waals surface area contributed by atoms with Crippen LogP contribution >= 0.6 is 0 Å². The Bertz CT molecular complexity index is 1000. The van der Waals surface area contributed by atoms with Gasteiger partial charge in [-0.1, -0.05) is 12.1 Å². The van der Waals surface area contributed by atoms with Crippen LogP contribution in [0, 0.1) is 13.8 Å². The van der Waals surface area contributed by atoms with Gasteiger partial charge in [0, 0.05) is 32.1 Å². The molecule has 0 spiro atoms. The van der Waals surface area contributed by atoms with E-state index >= 15 is 0 Å². The minimum Gasteiger partial charge on any atom is -0.276 e. The molecule has 0 bridgehead atoms. The van der Waals surface area contributed by atoms with E-state index in [1.165, 1.54) is 4.68 Å². The summed E-state index contributed by atoms with van der Waals surface area (Å²) >= 11 is 0. The third-order valence-electron chi connectivity index (χ3n) is 5.21. The fourth-order valence-corrected chi connectivity index (χ4v) is 5.59. The van der Waals surface area contributed by atoms with Gasteiger partial charge in [-0.2, -0.15) is 9.40 Å². The van der Waals surface area contributed by atoms with E-state index in [1.54, 1.807) is 22.0 Å². The van der Waals surface area contributed by atoms with Crippen LogP contribution in [0.2, 0.25) is 0 Å². The quantitative estimate of drug-likeness (QED) is 0.800. The van der Waals surface area contributed by atoms with Crippen molar-refractivity contribution in [1.29, 1.82) is 0 Å². The van der Waals surface area contributed by atoms with Crippen molar-refractivity contribution >= 4 is 10.0 Å². The Morgan fingerprint density at radius 1 is 1.22 bits per heavy atom. The molecule has 7 nitrogen and oxygen atoms in total. The molecule has 148 valence electrons. The van der Waals surface area contributed by atoms with E-state index in [1.807, 2.05) is 39.8 Å². The van der Waals surface area contributed by atoms with Crippen molar-refractivity contribution in [2.24, 2.45) is 7.05 Å². The summed E-state index contributed by atoms with van der Waals surface area (Å²) in [6, 6.07) is 5.48. The summed E-state index contributed by atoms with van der Waals surface area (Å²) in [6.45, 7) is 8.44. The van der Waals surface area contributed by atoms with Crippen molar-refractivity contribution in [3.8, 4) is 0 Å². The van der Waals surface area contributed by atoms with Crippen molar-refractivity contribution in [2.45, 2.75) is 57.4 Å². The number of nitrogens with zero attached hydrogens (tertiary/aromatic N) is 4. The van der Waals surface area contributed by atoms with Crippen LogP contribution in [0.4, 0.5) is 0 Å². The summed E-state index contributed by atoms with van der Waals surface area (Å²) in [7, 11) is -1.94.